The molecule has 1 heterocycles. The van der Waals surface area contributed by atoms with Crippen LogP contribution in [0.5, 0.6) is 5.75 Å². The Balaban J connectivity index is 0.00000208. The smallest absolute Gasteiger partial charge is 0.150 e. The summed E-state index contributed by atoms with van der Waals surface area (Å²) in [5.74, 6) is 0.836. The van der Waals surface area contributed by atoms with Crippen molar-refractivity contribution >= 4 is 24.3 Å². The lowest BCUT2D eigenvalue weighted by Crippen LogP contribution is -2.12. The van der Waals surface area contributed by atoms with Gasteiger partial charge in [-0.3, -0.25) is 4.79 Å². The molecule has 0 fully saturated rings. The Hall–Kier alpha value is -2.10. The van der Waals surface area contributed by atoms with Gasteiger partial charge in [0.2, 0.25) is 0 Å². The second-order valence-corrected chi connectivity index (χ2v) is 6.03. The van der Waals surface area contributed by atoms with E-state index in [1.54, 1.807) is 6.07 Å². The summed E-state index contributed by atoms with van der Waals surface area (Å²) in [4.78, 5) is 13.3. The molecular weight excluding hydrogens is 322 g/mol. The number of carbonyl (C=O) groups excluding carboxylic acids is 1. The predicted octanol–water partition coefficient (Wildman–Crippen LogP) is 4.20. The summed E-state index contributed by atoms with van der Waals surface area (Å²) in [6.45, 7) is 1.53. The second-order valence-electron chi connectivity index (χ2n) is 6.03. The van der Waals surface area contributed by atoms with Gasteiger partial charge in [-0.1, -0.05) is 30.3 Å². The number of fused-ring (bicyclic) bond motifs is 2. The van der Waals surface area contributed by atoms with Gasteiger partial charge >= 0.3 is 0 Å². The third-order valence-electron chi connectivity index (χ3n) is 4.05. The van der Waals surface area contributed by atoms with E-state index in [1.807, 2.05) is 24.3 Å². The van der Waals surface area contributed by atoms with Crippen molar-refractivity contribution in [1.82, 2.24) is 4.90 Å². The van der Waals surface area contributed by atoms with Gasteiger partial charge in [0.15, 0.2) is 0 Å². The van der Waals surface area contributed by atoms with E-state index in [0.29, 0.717) is 12.2 Å². The maximum Gasteiger partial charge on any atom is 0.150 e. The number of rotatable bonds is 4. The minimum Gasteiger partial charge on any atom is -0.488 e. The SMILES string of the molecule is CN(C)CC/C=C1/c2ccccc2COc2ccc(C=O)cc21.Cl. The normalized spacial score (nSPS) is 14.2. The van der Waals surface area contributed by atoms with E-state index in [-0.39, 0.29) is 12.4 Å². The number of benzene rings is 2. The van der Waals surface area contributed by atoms with Crippen LogP contribution < -0.4 is 4.74 Å². The van der Waals surface area contributed by atoms with E-state index in [2.05, 4.69) is 37.2 Å². The summed E-state index contributed by atoms with van der Waals surface area (Å²) >= 11 is 0. The average molecular weight is 344 g/mol. The molecule has 4 heteroatoms. The molecule has 1 aliphatic heterocycles. The third-order valence-corrected chi connectivity index (χ3v) is 4.05. The minimum absolute atomic E-state index is 0. The molecule has 0 N–H and O–H groups in total. The van der Waals surface area contributed by atoms with E-state index in [4.69, 9.17) is 4.74 Å². The van der Waals surface area contributed by atoms with E-state index in [0.717, 1.165) is 36.1 Å². The lowest BCUT2D eigenvalue weighted by molar-refractivity contribution is 0.112. The van der Waals surface area contributed by atoms with Crippen LogP contribution in [0.3, 0.4) is 0 Å². The summed E-state index contributed by atoms with van der Waals surface area (Å²) in [7, 11) is 4.14. The molecule has 0 amide bonds. The highest BCUT2D eigenvalue weighted by molar-refractivity contribution is 5.88. The van der Waals surface area contributed by atoms with Gasteiger partial charge in [0.25, 0.3) is 0 Å². The molecule has 3 nitrogen and oxygen atoms in total. The molecule has 3 rings (SSSR count). The third kappa shape index (κ3) is 3.86. The van der Waals surface area contributed by atoms with Crippen molar-refractivity contribution in [1.29, 1.82) is 0 Å². The molecule has 2 aromatic rings. The highest BCUT2D eigenvalue weighted by atomic mass is 35.5. The Morgan fingerprint density at radius 1 is 1.12 bits per heavy atom. The Morgan fingerprint density at radius 3 is 2.67 bits per heavy atom. The first-order valence-electron chi connectivity index (χ1n) is 7.84. The monoisotopic (exact) mass is 343 g/mol. The van der Waals surface area contributed by atoms with Gasteiger partial charge in [0.1, 0.15) is 18.6 Å². The summed E-state index contributed by atoms with van der Waals surface area (Å²) < 4.78 is 5.96. The summed E-state index contributed by atoms with van der Waals surface area (Å²) in [6, 6.07) is 13.9. The maximum atomic E-state index is 11.2. The fourth-order valence-electron chi connectivity index (χ4n) is 2.85. The van der Waals surface area contributed by atoms with Gasteiger partial charge < -0.3 is 9.64 Å². The molecule has 0 unspecified atom stereocenters. The number of ether oxygens (including phenoxy) is 1. The molecule has 0 saturated carbocycles. The van der Waals surface area contributed by atoms with Crippen molar-refractivity contribution in [2.75, 3.05) is 20.6 Å². The van der Waals surface area contributed by atoms with Crippen molar-refractivity contribution in [3.63, 3.8) is 0 Å². The zero-order chi connectivity index (χ0) is 16.2. The van der Waals surface area contributed by atoms with Crippen LogP contribution in [0.25, 0.3) is 5.57 Å². The van der Waals surface area contributed by atoms with Gasteiger partial charge in [-0.05, 0) is 55.4 Å². The highest BCUT2D eigenvalue weighted by Crippen LogP contribution is 2.37. The Labute approximate surface area is 149 Å². The Morgan fingerprint density at radius 2 is 1.92 bits per heavy atom. The lowest BCUT2D eigenvalue weighted by atomic mass is 9.92. The molecule has 0 bridgehead atoms. The molecule has 0 radical (unpaired) electrons. The molecule has 1 aliphatic rings. The average Bonchev–Trinajstić information content (AvgIpc) is 2.71. The molecular formula is C20H22ClNO2. The summed E-state index contributed by atoms with van der Waals surface area (Å²) in [5, 5.41) is 0. The molecule has 2 aromatic carbocycles. The highest BCUT2D eigenvalue weighted by Gasteiger charge is 2.19. The maximum absolute atomic E-state index is 11.2. The van der Waals surface area contributed by atoms with Gasteiger partial charge in [-0.25, -0.2) is 0 Å². The number of aldehydes is 1. The number of nitrogens with zero attached hydrogens (tertiary/aromatic N) is 1. The summed E-state index contributed by atoms with van der Waals surface area (Å²) in [5.41, 5.74) is 5.18. The van der Waals surface area contributed by atoms with Crippen LogP contribution in [0, 0.1) is 0 Å². The van der Waals surface area contributed by atoms with Crippen LogP contribution in [0.1, 0.15) is 33.5 Å². The van der Waals surface area contributed by atoms with Crippen molar-refractivity contribution in [2.45, 2.75) is 13.0 Å². The number of hydrogen-bond donors (Lipinski definition) is 0. The Bertz CT molecular complexity index is 753. The van der Waals surface area contributed by atoms with Crippen LogP contribution in [0.4, 0.5) is 0 Å². The fraction of sp³-hybridized carbons (Fsp3) is 0.250. The van der Waals surface area contributed by atoms with Gasteiger partial charge in [0.05, 0.1) is 0 Å². The molecule has 24 heavy (non-hydrogen) atoms. The molecule has 0 atom stereocenters. The van der Waals surface area contributed by atoms with Crippen LogP contribution in [-0.2, 0) is 6.61 Å². The van der Waals surface area contributed by atoms with Crippen molar-refractivity contribution in [3.05, 3.63) is 70.8 Å². The number of carbonyl (C=O) groups is 1. The second kappa shape index (κ2) is 8.13. The van der Waals surface area contributed by atoms with Crippen LogP contribution in [-0.4, -0.2) is 31.8 Å². The zero-order valence-electron chi connectivity index (χ0n) is 14.0. The zero-order valence-corrected chi connectivity index (χ0v) is 14.8. The molecule has 126 valence electrons. The van der Waals surface area contributed by atoms with E-state index >= 15 is 0 Å². The van der Waals surface area contributed by atoms with Crippen molar-refractivity contribution in [2.24, 2.45) is 0 Å². The van der Waals surface area contributed by atoms with E-state index < -0.39 is 0 Å². The standard InChI is InChI=1S/C20H21NO2.ClH/c1-21(2)11-5-8-18-17-7-4-3-6-16(17)14-23-20-10-9-15(13-22)12-19(18)20;/h3-4,6-10,12-13H,5,11,14H2,1-2H3;1H/b18-8-;. The number of halogens is 1. The van der Waals surface area contributed by atoms with Gasteiger partial charge in [0, 0.05) is 17.7 Å². The van der Waals surface area contributed by atoms with Crippen LogP contribution in [0.2, 0.25) is 0 Å². The predicted molar refractivity (Wildman–Crippen MR) is 100 cm³/mol. The summed E-state index contributed by atoms with van der Waals surface area (Å²) in [6.07, 6.45) is 4.08. The van der Waals surface area contributed by atoms with Crippen molar-refractivity contribution < 1.29 is 9.53 Å². The number of hydrogen-bond acceptors (Lipinski definition) is 3. The molecule has 0 saturated heterocycles. The van der Waals surface area contributed by atoms with Gasteiger partial charge in [-0.2, -0.15) is 0 Å². The molecule has 0 spiro atoms. The van der Waals surface area contributed by atoms with E-state index in [1.165, 1.54) is 11.1 Å². The van der Waals surface area contributed by atoms with Gasteiger partial charge in [-0.15, -0.1) is 12.4 Å². The van der Waals surface area contributed by atoms with E-state index in [9.17, 15) is 4.79 Å². The largest absolute Gasteiger partial charge is 0.488 e. The minimum atomic E-state index is 0. The van der Waals surface area contributed by atoms with Crippen LogP contribution >= 0.6 is 12.4 Å². The first-order chi connectivity index (χ1) is 11.2. The van der Waals surface area contributed by atoms with Crippen molar-refractivity contribution in [3.8, 4) is 5.75 Å². The first kappa shape index (κ1) is 18.2. The van der Waals surface area contributed by atoms with Crippen LogP contribution in [0.15, 0.2) is 48.5 Å². The molecule has 0 aliphatic carbocycles. The Kier molecular flexibility index (Phi) is 6.18. The lowest BCUT2D eigenvalue weighted by Gasteiger charge is -2.12. The molecule has 0 aromatic heterocycles. The first-order valence-corrected chi connectivity index (χ1v) is 7.84. The topological polar surface area (TPSA) is 29.5 Å². The fourth-order valence-corrected chi connectivity index (χ4v) is 2.85. The quantitative estimate of drug-likeness (QED) is 0.779.